The van der Waals surface area contributed by atoms with E-state index >= 15 is 0 Å². The summed E-state index contributed by atoms with van der Waals surface area (Å²) < 4.78 is 48.7. The fourth-order valence-corrected chi connectivity index (χ4v) is 5.21. The van der Waals surface area contributed by atoms with Gasteiger partial charge < -0.3 is 9.64 Å². The van der Waals surface area contributed by atoms with Crippen LogP contribution in [0.15, 0.2) is 12.4 Å². The van der Waals surface area contributed by atoms with E-state index in [1.54, 1.807) is 0 Å². The van der Waals surface area contributed by atoms with E-state index in [1.807, 2.05) is 0 Å². The van der Waals surface area contributed by atoms with Crippen LogP contribution in [-0.4, -0.2) is 34.4 Å². The second kappa shape index (κ2) is 4.43. The Morgan fingerprint density at radius 3 is 2.88 bits per heavy atom. The fourth-order valence-electron chi connectivity index (χ4n) is 5.21. The maximum absolute atomic E-state index is 14.6. The zero-order chi connectivity index (χ0) is 16.7. The highest BCUT2D eigenvalue weighted by molar-refractivity contribution is 5.86. The maximum Gasteiger partial charge on any atom is 0.262 e. The van der Waals surface area contributed by atoms with Gasteiger partial charge in [0.2, 0.25) is 5.91 Å². The Labute approximate surface area is 137 Å². The third-order valence-corrected chi connectivity index (χ3v) is 6.32. The van der Waals surface area contributed by atoms with Crippen LogP contribution < -0.4 is 4.74 Å². The van der Waals surface area contributed by atoms with Gasteiger partial charge >= 0.3 is 0 Å². The number of likely N-dealkylation sites (tertiary alicyclic amines) is 1. The summed E-state index contributed by atoms with van der Waals surface area (Å²) in [4.78, 5) is 18.5. The van der Waals surface area contributed by atoms with Gasteiger partial charge in [0.25, 0.3) is 5.92 Å². The van der Waals surface area contributed by atoms with Crippen LogP contribution in [0.2, 0.25) is 0 Å². The van der Waals surface area contributed by atoms with Gasteiger partial charge in [-0.05, 0) is 25.2 Å². The number of fused-ring (bicyclic) bond motifs is 6. The lowest BCUT2D eigenvalue weighted by Crippen LogP contribution is -2.50. The molecule has 7 heteroatoms. The summed E-state index contributed by atoms with van der Waals surface area (Å²) in [6.45, 7) is 0.236. The van der Waals surface area contributed by atoms with Crippen molar-refractivity contribution in [3.8, 4) is 5.75 Å². The Morgan fingerprint density at radius 1 is 1.33 bits per heavy atom. The van der Waals surface area contributed by atoms with Crippen molar-refractivity contribution in [2.45, 2.75) is 50.2 Å². The van der Waals surface area contributed by atoms with Crippen molar-refractivity contribution < 1.29 is 22.7 Å². The van der Waals surface area contributed by atoms with E-state index in [1.165, 1.54) is 11.1 Å². The Kier molecular flexibility index (Phi) is 2.69. The Hall–Kier alpha value is -1.79. The van der Waals surface area contributed by atoms with Gasteiger partial charge in [-0.3, -0.25) is 9.78 Å². The van der Waals surface area contributed by atoms with Crippen LogP contribution >= 0.6 is 0 Å². The van der Waals surface area contributed by atoms with Crippen LogP contribution in [0.1, 0.15) is 43.7 Å². The number of halogens is 3. The normalized spacial score (nSPS) is 38.1. The molecule has 4 bridgehead atoms. The topological polar surface area (TPSA) is 42.4 Å². The molecule has 2 unspecified atom stereocenters. The molecular formula is C17H17F3N2O2. The molecule has 4 aliphatic rings. The van der Waals surface area contributed by atoms with Gasteiger partial charge in [0.1, 0.15) is 11.5 Å². The van der Waals surface area contributed by atoms with E-state index in [-0.39, 0.29) is 43.6 Å². The second-order valence-electron chi connectivity index (χ2n) is 7.59. The number of hydrogen-bond acceptors (Lipinski definition) is 3. The lowest BCUT2D eigenvalue weighted by atomic mass is 9.79. The summed E-state index contributed by atoms with van der Waals surface area (Å²) in [5.74, 6) is -3.95. The summed E-state index contributed by atoms with van der Waals surface area (Å²) in [7, 11) is 0. The zero-order valence-corrected chi connectivity index (χ0v) is 13.0. The molecule has 1 amide bonds. The molecule has 3 heterocycles. The number of nitrogens with zero attached hydrogens (tertiary/aromatic N) is 2. The molecule has 3 fully saturated rings. The number of carbonyl (C=O) groups excluding carboxylic acids is 1. The molecule has 0 aromatic carbocycles. The monoisotopic (exact) mass is 338 g/mol. The van der Waals surface area contributed by atoms with E-state index < -0.39 is 29.1 Å². The van der Waals surface area contributed by atoms with Gasteiger partial charge in [0.05, 0.1) is 18.8 Å². The third-order valence-electron chi connectivity index (χ3n) is 6.32. The Balaban J connectivity index is 1.54. The van der Waals surface area contributed by atoms with Crippen LogP contribution in [0.3, 0.4) is 0 Å². The van der Waals surface area contributed by atoms with E-state index in [4.69, 9.17) is 4.74 Å². The summed E-state index contributed by atoms with van der Waals surface area (Å²) >= 11 is 0. The molecule has 0 spiro atoms. The first-order valence-corrected chi connectivity index (χ1v) is 8.40. The van der Waals surface area contributed by atoms with Gasteiger partial charge in [0.15, 0.2) is 11.6 Å². The summed E-state index contributed by atoms with van der Waals surface area (Å²) in [6.07, 6.45) is 3.72. The molecule has 1 saturated heterocycles. The van der Waals surface area contributed by atoms with Gasteiger partial charge in [-0.2, -0.15) is 0 Å². The summed E-state index contributed by atoms with van der Waals surface area (Å²) in [6, 6.07) is -0.417. The minimum atomic E-state index is -2.95. The van der Waals surface area contributed by atoms with Crippen LogP contribution in [0.25, 0.3) is 0 Å². The zero-order valence-electron chi connectivity index (χ0n) is 13.0. The SMILES string of the molecule is O=C(N1C[C@@H]2C[C@H]1c1cncc(F)c1O2)C12CCC(CC1(F)F)C2. The predicted octanol–water partition coefficient (Wildman–Crippen LogP) is 3.08. The first kappa shape index (κ1) is 14.5. The van der Waals surface area contributed by atoms with Crippen LogP contribution in [-0.2, 0) is 4.79 Å². The van der Waals surface area contributed by atoms with Crippen molar-refractivity contribution in [2.75, 3.05) is 6.54 Å². The third kappa shape index (κ3) is 1.65. The quantitative estimate of drug-likeness (QED) is 0.790. The minimum absolute atomic E-state index is 0.0615. The molecule has 2 saturated carbocycles. The van der Waals surface area contributed by atoms with E-state index in [9.17, 15) is 18.0 Å². The molecule has 1 aromatic rings. The molecular weight excluding hydrogens is 321 g/mol. The largest absolute Gasteiger partial charge is 0.485 e. The minimum Gasteiger partial charge on any atom is -0.485 e. The number of carbonyl (C=O) groups is 1. The lowest BCUT2D eigenvalue weighted by molar-refractivity contribution is -0.168. The first-order chi connectivity index (χ1) is 11.4. The van der Waals surface area contributed by atoms with Gasteiger partial charge in [-0.25, -0.2) is 13.2 Å². The number of rotatable bonds is 1. The average Bonchev–Trinajstić information content (AvgIpc) is 3.18. The molecule has 0 N–H and O–H groups in total. The second-order valence-corrected chi connectivity index (χ2v) is 7.59. The van der Waals surface area contributed by atoms with Gasteiger partial charge in [-0.15, -0.1) is 0 Å². The smallest absolute Gasteiger partial charge is 0.262 e. The average molecular weight is 338 g/mol. The van der Waals surface area contributed by atoms with Crippen molar-refractivity contribution >= 4 is 5.91 Å². The highest BCUT2D eigenvalue weighted by atomic mass is 19.3. The highest BCUT2D eigenvalue weighted by Gasteiger charge is 2.69. The number of aromatic nitrogens is 1. The first-order valence-electron chi connectivity index (χ1n) is 8.40. The molecule has 5 rings (SSSR count). The summed E-state index contributed by atoms with van der Waals surface area (Å²) in [5.41, 5.74) is -1.08. The summed E-state index contributed by atoms with van der Waals surface area (Å²) in [5, 5.41) is 0. The van der Waals surface area contributed by atoms with Crippen molar-refractivity contribution in [1.82, 2.24) is 9.88 Å². The standard InChI is InChI=1S/C17H17F3N2O2/c18-12-7-21-6-11-13-3-10(24-14(11)12)8-22(13)15(23)16-2-1-9(4-16)5-17(16,19)20/h6-7,9-10,13H,1-5,8H2/t9?,10-,13-,16?/m0/s1. The van der Waals surface area contributed by atoms with E-state index in [2.05, 4.69) is 4.98 Å². The Morgan fingerprint density at radius 2 is 2.17 bits per heavy atom. The number of amides is 1. The molecule has 128 valence electrons. The van der Waals surface area contributed by atoms with Crippen LogP contribution in [0.4, 0.5) is 13.2 Å². The Bertz CT molecular complexity index is 741. The van der Waals surface area contributed by atoms with Gasteiger partial charge in [-0.1, -0.05) is 0 Å². The van der Waals surface area contributed by atoms with Crippen molar-refractivity contribution in [3.63, 3.8) is 0 Å². The lowest BCUT2D eigenvalue weighted by Gasteiger charge is -2.38. The van der Waals surface area contributed by atoms with Crippen molar-refractivity contribution in [3.05, 3.63) is 23.8 Å². The van der Waals surface area contributed by atoms with Crippen LogP contribution in [0, 0.1) is 17.2 Å². The maximum atomic E-state index is 14.6. The molecule has 4 nitrogen and oxygen atoms in total. The molecule has 0 radical (unpaired) electrons. The number of hydrogen-bond donors (Lipinski definition) is 0. The molecule has 24 heavy (non-hydrogen) atoms. The van der Waals surface area contributed by atoms with Gasteiger partial charge in [0, 0.05) is 24.6 Å². The van der Waals surface area contributed by atoms with E-state index in [0.29, 0.717) is 18.4 Å². The van der Waals surface area contributed by atoms with Crippen LogP contribution in [0.5, 0.6) is 5.75 Å². The number of alkyl halides is 2. The fraction of sp³-hybridized carbons (Fsp3) is 0.647. The molecule has 2 aliphatic carbocycles. The van der Waals surface area contributed by atoms with Crippen molar-refractivity contribution in [2.24, 2.45) is 11.3 Å². The van der Waals surface area contributed by atoms with E-state index in [0.717, 1.165) is 6.20 Å². The highest BCUT2D eigenvalue weighted by Crippen LogP contribution is 2.64. The molecule has 1 aromatic heterocycles. The molecule has 2 aliphatic heterocycles. The van der Waals surface area contributed by atoms with Crippen molar-refractivity contribution in [1.29, 1.82) is 0 Å². The molecule has 4 atom stereocenters. The predicted molar refractivity (Wildman–Crippen MR) is 77.0 cm³/mol. The number of ether oxygens (including phenoxy) is 1. The number of pyridine rings is 1.